The molecule has 2 aliphatic rings. The van der Waals surface area contributed by atoms with E-state index in [0.717, 1.165) is 17.3 Å². The molecule has 0 unspecified atom stereocenters. The lowest BCUT2D eigenvalue weighted by molar-refractivity contribution is -0.146. The first-order valence-corrected chi connectivity index (χ1v) is 8.85. The maximum atomic E-state index is 12.4. The number of piperazine rings is 1. The van der Waals surface area contributed by atoms with Gasteiger partial charge in [0.25, 0.3) is 5.91 Å². The number of nitrogens with zero attached hydrogens (tertiary/aromatic N) is 2. The molecule has 2 heterocycles. The van der Waals surface area contributed by atoms with Crippen LogP contribution in [0.25, 0.3) is 0 Å². The molecule has 1 saturated heterocycles. The molecule has 3 rings (SSSR count). The predicted molar refractivity (Wildman–Crippen MR) is 85.7 cm³/mol. The molecule has 22 heavy (non-hydrogen) atoms. The van der Waals surface area contributed by atoms with Crippen LogP contribution in [0.3, 0.4) is 0 Å². The summed E-state index contributed by atoms with van der Waals surface area (Å²) in [5.41, 5.74) is 0. The van der Waals surface area contributed by atoms with Gasteiger partial charge in [-0.3, -0.25) is 14.4 Å². The number of hydrogen-bond donors (Lipinski definition) is 1. The Hall–Kier alpha value is -1.41. The van der Waals surface area contributed by atoms with Gasteiger partial charge in [0.2, 0.25) is 0 Å². The molecule has 1 aromatic rings. The van der Waals surface area contributed by atoms with E-state index < -0.39 is 11.8 Å². The molecular weight excluding hydrogens is 370 g/mol. The molecule has 1 aliphatic carbocycles. The normalized spacial score (nSPS) is 18.2. The fraction of sp³-hybridized carbons (Fsp3) is 0.500. The number of nitrogens with one attached hydrogen (secondary N) is 1. The highest BCUT2D eigenvalue weighted by Gasteiger charge is 2.32. The molecule has 0 radical (unpaired) electrons. The van der Waals surface area contributed by atoms with Crippen molar-refractivity contribution in [3.05, 3.63) is 20.8 Å². The summed E-state index contributed by atoms with van der Waals surface area (Å²) in [6.07, 6.45) is 1.91. The second-order valence-electron chi connectivity index (χ2n) is 5.43. The minimum atomic E-state index is -0.525. The third-order valence-corrected chi connectivity index (χ3v) is 5.60. The van der Waals surface area contributed by atoms with Gasteiger partial charge < -0.3 is 15.1 Å². The predicted octanol–water partition coefficient (Wildman–Crippen LogP) is 1.07. The Morgan fingerprint density at radius 3 is 2.32 bits per heavy atom. The third kappa shape index (κ3) is 3.33. The molecule has 2 fully saturated rings. The largest absolute Gasteiger partial charge is 0.345 e. The van der Waals surface area contributed by atoms with Crippen molar-refractivity contribution in [2.75, 3.05) is 26.2 Å². The monoisotopic (exact) mass is 385 g/mol. The van der Waals surface area contributed by atoms with Gasteiger partial charge in [0.15, 0.2) is 0 Å². The zero-order valence-corrected chi connectivity index (χ0v) is 14.3. The summed E-state index contributed by atoms with van der Waals surface area (Å²) in [6.45, 7) is 1.69. The maximum absolute atomic E-state index is 12.4. The Morgan fingerprint density at radius 1 is 1.14 bits per heavy atom. The fourth-order valence-corrected chi connectivity index (χ4v) is 3.83. The molecule has 1 N–H and O–H groups in total. The van der Waals surface area contributed by atoms with E-state index in [1.54, 1.807) is 4.90 Å². The first-order chi connectivity index (χ1) is 10.6. The van der Waals surface area contributed by atoms with E-state index in [2.05, 4.69) is 21.2 Å². The summed E-state index contributed by atoms with van der Waals surface area (Å²) in [4.78, 5) is 40.1. The second-order valence-corrected chi connectivity index (χ2v) is 7.20. The van der Waals surface area contributed by atoms with Crippen molar-refractivity contribution in [2.24, 2.45) is 0 Å². The van der Waals surface area contributed by atoms with Crippen LogP contribution in [0.2, 0.25) is 0 Å². The van der Waals surface area contributed by atoms with Crippen LogP contribution in [0.15, 0.2) is 15.9 Å². The van der Waals surface area contributed by atoms with Gasteiger partial charge in [-0.05, 0) is 40.2 Å². The Kier molecular flexibility index (Phi) is 4.49. The molecule has 1 saturated carbocycles. The lowest BCUT2D eigenvalue weighted by Gasteiger charge is -2.34. The molecule has 6 nitrogen and oxygen atoms in total. The van der Waals surface area contributed by atoms with Crippen LogP contribution in [0, 0.1) is 0 Å². The van der Waals surface area contributed by atoms with E-state index in [-0.39, 0.29) is 11.9 Å². The van der Waals surface area contributed by atoms with Crippen molar-refractivity contribution in [3.63, 3.8) is 0 Å². The van der Waals surface area contributed by atoms with E-state index in [1.165, 1.54) is 16.2 Å². The molecule has 0 bridgehead atoms. The summed E-state index contributed by atoms with van der Waals surface area (Å²) >= 11 is 4.76. The average molecular weight is 386 g/mol. The standard InChI is InChI=1S/C14H16BrN3O3S/c15-10-3-8-22-11(10)13(20)17-4-6-18(7-5-17)14(21)12(19)16-9-1-2-9/h3,8-9H,1-2,4-7H2,(H,16,19). The smallest absolute Gasteiger partial charge is 0.312 e. The SMILES string of the molecule is O=C(NC1CC1)C(=O)N1CCN(C(=O)c2sccc2Br)CC1. The van der Waals surface area contributed by atoms with Gasteiger partial charge in [-0.15, -0.1) is 11.3 Å². The Labute approximate surface area is 140 Å². The van der Waals surface area contributed by atoms with Gasteiger partial charge in [0, 0.05) is 36.7 Å². The van der Waals surface area contributed by atoms with Gasteiger partial charge >= 0.3 is 11.8 Å². The second kappa shape index (κ2) is 6.37. The van der Waals surface area contributed by atoms with Crippen LogP contribution in [-0.4, -0.2) is 59.7 Å². The number of halogens is 1. The summed E-state index contributed by atoms with van der Waals surface area (Å²) < 4.78 is 0.796. The van der Waals surface area contributed by atoms with Gasteiger partial charge in [-0.25, -0.2) is 0 Å². The van der Waals surface area contributed by atoms with Crippen LogP contribution < -0.4 is 5.32 Å². The van der Waals surface area contributed by atoms with E-state index in [9.17, 15) is 14.4 Å². The quantitative estimate of drug-likeness (QED) is 0.774. The zero-order valence-electron chi connectivity index (χ0n) is 11.9. The number of thiophene rings is 1. The molecule has 118 valence electrons. The van der Waals surface area contributed by atoms with Crippen LogP contribution in [-0.2, 0) is 9.59 Å². The number of rotatable bonds is 2. The maximum Gasteiger partial charge on any atom is 0.312 e. The van der Waals surface area contributed by atoms with Gasteiger partial charge in [0.05, 0.1) is 0 Å². The van der Waals surface area contributed by atoms with Crippen molar-refractivity contribution >= 4 is 45.0 Å². The van der Waals surface area contributed by atoms with Crippen molar-refractivity contribution < 1.29 is 14.4 Å². The molecular formula is C14H16BrN3O3S. The lowest BCUT2D eigenvalue weighted by atomic mass is 10.3. The van der Waals surface area contributed by atoms with Crippen LogP contribution in [0.5, 0.6) is 0 Å². The van der Waals surface area contributed by atoms with Gasteiger partial charge in [-0.2, -0.15) is 0 Å². The van der Waals surface area contributed by atoms with Crippen LogP contribution in [0.4, 0.5) is 0 Å². The Morgan fingerprint density at radius 2 is 1.77 bits per heavy atom. The van der Waals surface area contributed by atoms with Crippen molar-refractivity contribution in [1.29, 1.82) is 0 Å². The Bertz CT molecular complexity index is 606. The molecule has 0 atom stereocenters. The first kappa shape index (κ1) is 15.5. The van der Waals surface area contributed by atoms with Crippen molar-refractivity contribution in [3.8, 4) is 0 Å². The van der Waals surface area contributed by atoms with E-state index >= 15 is 0 Å². The van der Waals surface area contributed by atoms with Crippen LogP contribution >= 0.6 is 27.3 Å². The lowest BCUT2D eigenvalue weighted by Crippen LogP contribution is -2.54. The average Bonchev–Trinajstić information content (AvgIpc) is 3.24. The van der Waals surface area contributed by atoms with Crippen molar-refractivity contribution in [1.82, 2.24) is 15.1 Å². The number of carbonyl (C=O) groups excluding carboxylic acids is 3. The van der Waals surface area contributed by atoms with Crippen molar-refractivity contribution in [2.45, 2.75) is 18.9 Å². The highest BCUT2D eigenvalue weighted by molar-refractivity contribution is 9.10. The third-order valence-electron chi connectivity index (χ3n) is 3.77. The zero-order chi connectivity index (χ0) is 15.7. The van der Waals surface area contributed by atoms with Gasteiger partial charge in [-0.1, -0.05) is 0 Å². The highest BCUT2D eigenvalue weighted by atomic mass is 79.9. The molecule has 1 aromatic heterocycles. The van der Waals surface area contributed by atoms with E-state index in [4.69, 9.17) is 0 Å². The van der Waals surface area contributed by atoms with Gasteiger partial charge in [0.1, 0.15) is 4.88 Å². The summed E-state index contributed by atoms with van der Waals surface area (Å²) in [6, 6.07) is 2.02. The summed E-state index contributed by atoms with van der Waals surface area (Å²) in [5.74, 6) is -1.05. The molecule has 3 amide bonds. The first-order valence-electron chi connectivity index (χ1n) is 7.18. The molecule has 0 aromatic carbocycles. The Balaban J connectivity index is 1.53. The van der Waals surface area contributed by atoms with E-state index in [0.29, 0.717) is 31.1 Å². The minimum absolute atomic E-state index is 0.0311. The molecule has 8 heteroatoms. The molecule has 0 spiro atoms. The van der Waals surface area contributed by atoms with Crippen LogP contribution in [0.1, 0.15) is 22.5 Å². The van der Waals surface area contributed by atoms with E-state index in [1.807, 2.05) is 11.4 Å². The minimum Gasteiger partial charge on any atom is -0.345 e. The molecule has 1 aliphatic heterocycles. The summed E-state index contributed by atoms with van der Waals surface area (Å²) in [7, 11) is 0. The number of amides is 3. The number of carbonyl (C=O) groups is 3. The fourth-order valence-electron chi connectivity index (χ4n) is 2.32. The topological polar surface area (TPSA) is 69.7 Å². The number of hydrogen-bond acceptors (Lipinski definition) is 4. The summed E-state index contributed by atoms with van der Waals surface area (Å²) in [5, 5.41) is 4.56. The highest BCUT2D eigenvalue weighted by Crippen LogP contribution is 2.24.